The Labute approximate surface area is 136 Å². The molecule has 0 aromatic heterocycles. The van der Waals surface area contributed by atoms with Crippen LogP contribution in [-0.4, -0.2) is 14.4 Å². The van der Waals surface area contributed by atoms with E-state index in [0.717, 1.165) is 5.56 Å². The highest BCUT2D eigenvalue weighted by atomic mass is 32.2. The van der Waals surface area contributed by atoms with Gasteiger partial charge in [0, 0.05) is 18.1 Å². The number of carboxylic acid groups (broad SMARTS) is 1. The van der Waals surface area contributed by atoms with Crippen LogP contribution in [0.15, 0.2) is 41.3 Å². The molecule has 0 saturated carbocycles. The van der Waals surface area contributed by atoms with Crippen molar-refractivity contribution >= 4 is 21.7 Å². The van der Waals surface area contributed by atoms with Gasteiger partial charge in [-0.2, -0.15) is 0 Å². The van der Waals surface area contributed by atoms with Crippen LogP contribution in [0.1, 0.15) is 22.3 Å². The van der Waals surface area contributed by atoms with Gasteiger partial charge in [0.25, 0.3) is 10.0 Å². The van der Waals surface area contributed by atoms with E-state index in [2.05, 4.69) is 4.72 Å². The van der Waals surface area contributed by atoms with Crippen molar-refractivity contribution in [1.29, 1.82) is 0 Å². The van der Waals surface area contributed by atoms with Crippen LogP contribution in [0.3, 0.4) is 0 Å². The predicted molar refractivity (Wildman–Crippen MR) is 86.6 cm³/mol. The molecule has 0 bridgehead atoms. The fourth-order valence-corrected chi connectivity index (χ4v) is 4.17. The summed E-state index contributed by atoms with van der Waals surface area (Å²) in [5, 5.41) is 10.5. The second-order valence-electron chi connectivity index (χ2n) is 5.58. The number of hydrogen-bond donors (Lipinski definition) is 1. The molecular weight excluding hydrogens is 314 g/mol. The van der Waals surface area contributed by atoms with Crippen LogP contribution in [0.4, 0.5) is 5.69 Å². The van der Waals surface area contributed by atoms with Gasteiger partial charge in [0.05, 0.1) is 4.90 Å². The molecule has 122 valence electrons. The normalized spacial score (nSPS) is 11.3. The zero-order valence-corrected chi connectivity index (χ0v) is 14.0. The minimum atomic E-state index is -3.71. The summed E-state index contributed by atoms with van der Waals surface area (Å²) in [4.78, 5) is 10.8. The van der Waals surface area contributed by atoms with E-state index in [-0.39, 0.29) is 11.3 Å². The molecule has 0 aliphatic rings. The van der Waals surface area contributed by atoms with Gasteiger partial charge in [0.2, 0.25) is 0 Å². The molecular formula is C17H18NO4S-. The molecule has 0 atom stereocenters. The first-order valence-electron chi connectivity index (χ1n) is 7.08. The van der Waals surface area contributed by atoms with Gasteiger partial charge in [0.15, 0.2) is 0 Å². The summed E-state index contributed by atoms with van der Waals surface area (Å²) in [6.07, 6.45) is -0.205. The summed E-state index contributed by atoms with van der Waals surface area (Å²) >= 11 is 0. The minimum Gasteiger partial charge on any atom is -0.550 e. The van der Waals surface area contributed by atoms with Crippen molar-refractivity contribution in [2.24, 2.45) is 0 Å². The minimum absolute atomic E-state index is 0.205. The first-order valence-corrected chi connectivity index (χ1v) is 8.57. The third-order valence-electron chi connectivity index (χ3n) is 3.43. The van der Waals surface area contributed by atoms with E-state index in [0.29, 0.717) is 22.4 Å². The molecule has 2 aromatic carbocycles. The Bertz CT molecular complexity index is 816. The summed E-state index contributed by atoms with van der Waals surface area (Å²) < 4.78 is 27.7. The van der Waals surface area contributed by atoms with Gasteiger partial charge in [0.1, 0.15) is 0 Å². The topological polar surface area (TPSA) is 86.3 Å². The molecule has 0 heterocycles. The molecule has 0 fully saturated rings. The Morgan fingerprint density at radius 2 is 1.57 bits per heavy atom. The predicted octanol–water partition coefficient (Wildman–Crippen LogP) is 1.71. The van der Waals surface area contributed by atoms with Crippen molar-refractivity contribution < 1.29 is 18.3 Å². The maximum atomic E-state index is 12.6. The number of benzene rings is 2. The number of aryl methyl sites for hydroxylation is 3. The average molecular weight is 332 g/mol. The van der Waals surface area contributed by atoms with E-state index in [4.69, 9.17) is 0 Å². The lowest BCUT2D eigenvalue weighted by atomic mass is 10.1. The molecule has 0 spiro atoms. The van der Waals surface area contributed by atoms with Gasteiger partial charge >= 0.3 is 0 Å². The highest BCUT2D eigenvalue weighted by Crippen LogP contribution is 2.24. The first-order chi connectivity index (χ1) is 10.7. The smallest absolute Gasteiger partial charge is 0.262 e. The Kier molecular flexibility index (Phi) is 4.75. The largest absolute Gasteiger partial charge is 0.550 e. The quantitative estimate of drug-likeness (QED) is 0.903. The Hall–Kier alpha value is -2.34. The summed E-state index contributed by atoms with van der Waals surface area (Å²) in [6, 6.07) is 9.84. The van der Waals surface area contributed by atoms with Crippen molar-refractivity contribution in [3.63, 3.8) is 0 Å². The third kappa shape index (κ3) is 4.10. The molecule has 6 heteroatoms. The molecule has 0 saturated heterocycles. The van der Waals surface area contributed by atoms with E-state index < -0.39 is 16.0 Å². The van der Waals surface area contributed by atoms with Gasteiger partial charge in [-0.05, 0) is 49.6 Å². The molecule has 5 nitrogen and oxygen atoms in total. The van der Waals surface area contributed by atoms with Gasteiger partial charge in [-0.1, -0.05) is 29.8 Å². The molecule has 0 aliphatic heterocycles. The van der Waals surface area contributed by atoms with Gasteiger partial charge in [-0.3, -0.25) is 4.72 Å². The first kappa shape index (κ1) is 17.0. The molecule has 0 unspecified atom stereocenters. The number of aliphatic carboxylic acids is 1. The maximum Gasteiger partial charge on any atom is 0.262 e. The zero-order valence-electron chi connectivity index (χ0n) is 13.2. The van der Waals surface area contributed by atoms with Crippen LogP contribution in [0.5, 0.6) is 0 Å². The van der Waals surface area contributed by atoms with Crippen molar-refractivity contribution in [3.05, 3.63) is 58.7 Å². The Morgan fingerprint density at radius 1 is 1.04 bits per heavy atom. The number of carboxylic acids is 1. The Morgan fingerprint density at radius 3 is 2.04 bits per heavy atom. The molecule has 0 radical (unpaired) electrons. The molecule has 23 heavy (non-hydrogen) atoms. The van der Waals surface area contributed by atoms with Crippen LogP contribution >= 0.6 is 0 Å². The van der Waals surface area contributed by atoms with E-state index in [9.17, 15) is 18.3 Å². The summed E-state index contributed by atoms with van der Waals surface area (Å²) in [6.45, 7) is 5.44. The third-order valence-corrected chi connectivity index (χ3v) is 5.11. The highest BCUT2D eigenvalue weighted by Gasteiger charge is 2.19. The summed E-state index contributed by atoms with van der Waals surface area (Å²) in [7, 11) is -3.71. The average Bonchev–Trinajstić information content (AvgIpc) is 2.38. The van der Waals surface area contributed by atoms with Crippen LogP contribution in [-0.2, 0) is 21.2 Å². The summed E-state index contributed by atoms with van der Waals surface area (Å²) in [5.74, 6) is -1.18. The van der Waals surface area contributed by atoms with E-state index in [1.165, 1.54) is 12.1 Å². The molecule has 2 rings (SSSR count). The second-order valence-corrected chi connectivity index (χ2v) is 7.20. The van der Waals surface area contributed by atoms with Crippen LogP contribution in [0.2, 0.25) is 0 Å². The lowest BCUT2D eigenvalue weighted by Crippen LogP contribution is -2.24. The Balaban J connectivity index is 2.30. The van der Waals surface area contributed by atoms with E-state index in [1.54, 1.807) is 26.0 Å². The fraction of sp³-hybridized carbons (Fsp3) is 0.235. The number of nitrogens with one attached hydrogen (secondary N) is 1. The number of hydrogen-bond acceptors (Lipinski definition) is 4. The van der Waals surface area contributed by atoms with E-state index >= 15 is 0 Å². The highest BCUT2D eigenvalue weighted by molar-refractivity contribution is 7.92. The molecule has 0 aliphatic carbocycles. The van der Waals surface area contributed by atoms with Crippen molar-refractivity contribution in [2.75, 3.05) is 4.72 Å². The SMILES string of the molecule is Cc1cc(C)c(S(=O)(=O)Nc2ccc(CC(=O)[O-])cc2)c(C)c1. The van der Waals surface area contributed by atoms with Crippen molar-refractivity contribution in [2.45, 2.75) is 32.1 Å². The van der Waals surface area contributed by atoms with Crippen LogP contribution in [0, 0.1) is 20.8 Å². The molecule has 1 N–H and O–H groups in total. The standard InChI is InChI=1S/C17H19NO4S/c1-11-8-12(2)17(13(3)9-11)23(21,22)18-15-6-4-14(5-7-15)10-16(19)20/h4-9,18H,10H2,1-3H3,(H,19,20)/p-1. The molecule has 2 aromatic rings. The van der Waals surface area contributed by atoms with Gasteiger partial charge in [-0.25, -0.2) is 8.42 Å². The van der Waals surface area contributed by atoms with Gasteiger partial charge < -0.3 is 9.90 Å². The maximum absolute atomic E-state index is 12.6. The fourth-order valence-electron chi connectivity index (χ4n) is 2.65. The number of anilines is 1. The van der Waals surface area contributed by atoms with Crippen LogP contribution in [0.25, 0.3) is 0 Å². The zero-order chi connectivity index (χ0) is 17.2. The number of rotatable bonds is 5. The number of sulfonamides is 1. The van der Waals surface area contributed by atoms with E-state index in [1.807, 2.05) is 19.1 Å². The van der Waals surface area contributed by atoms with Crippen molar-refractivity contribution in [1.82, 2.24) is 0 Å². The lowest BCUT2D eigenvalue weighted by Gasteiger charge is -2.14. The van der Waals surface area contributed by atoms with Crippen molar-refractivity contribution in [3.8, 4) is 0 Å². The summed E-state index contributed by atoms with van der Waals surface area (Å²) in [5.41, 5.74) is 3.31. The van der Waals surface area contributed by atoms with Crippen LogP contribution < -0.4 is 9.83 Å². The second kappa shape index (κ2) is 6.42. The number of carbonyl (C=O) groups excluding carboxylic acids is 1. The molecule has 0 amide bonds. The monoisotopic (exact) mass is 332 g/mol. The lowest BCUT2D eigenvalue weighted by molar-refractivity contribution is -0.304. The van der Waals surface area contributed by atoms with Gasteiger partial charge in [-0.15, -0.1) is 0 Å². The number of carbonyl (C=O) groups is 1.